The van der Waals surface area contributed by atoms with Crippen LogP contribution in [-0.4, -0.2) is 24.0 Å². The number of methoxy groups -OCH3 is 1. The van der Waals surface area contributed by atoms with Crippen LogP contribution in [0.5, 0.6) is 11.5 Å². The molecule has 2 aromatic heterocycles. The van der Waals surface area contributed by atoms with E-state index in [9.17, 15) is 4.79 Å². The number of ether oxygens (including phenoxy) is 2. The van der Waals surface area contributed by atoms with Crippen LogP contribution < -0.4 is 9.47 Å². The topological polar surface area (TPSA) is 38.8 Å². The molecule has 3 rings (SSSR count). The van der Waals surface area contributed by atoms with Crippen LogP contribution in [0.1, 0.15) is 29.2 Å². The Morgan fingerprint density at radius 3 is 2.21 bits per heavy atom. The zero-order chi connectivity index (χ0) is 20.6. The monoisotopic (exact) mass is 427 g/mol. The third kappa shape index (κ3) is 6.21. The van der Waals surface area contributed by atoms with E-state index in [1.807, 2.05) is 65.9 Å². The molecule has 1 aromatic carbocycles. The van der Waals surface area contributed by atoms with E-state index in [-0.39, 0.29) is 12.0 Å². The van der Waals surface area contributed by atoms with Gasteiger partial charge in [0.25, 0.3) is 0 Å². The molecular formula is C23H25NO3S2. The number of carbonyl (C=O) groups excluding carboxylic acids is 1. The lowest BCUT2D eigenvalue weighted by Crippen LogP contribution is -2.27. The van der Waals surface area contributed by atoms with Gasteiger partial charge in [-0.3, -0.25) is 4.79 Å². The fourth-order valence-corrected chi connectivity index (χ4v) is 4.24. The molecule has 0 bridgehead atoms. The molecule has 152 valence electrons. The van der Waals surface area contributed by atoms with Gasteiger partial charge in [0.2, 0.25) is 5.91 Å². The summed E-state index contributed by atoms with van der Waals surface area (Å²) >= 11 is 3.32. The summed E-state index contributed by atoms with van der Waals surface area (Å²) in [6.07, 6.45) is 3.51. The summed E-state index contributed by atoms with van der Waals surface area (Å²) in [5.74, 6) is 1.33. The molecule has 2 heterocycles. The molecule has 0 N–H and O–H groups in total. The average Bonchev–Trinajstić information content (AvgIpc) is 3.40. The Labute approximate surface area is 180 Å². The molecule has 0 atom stereocenters. The molecule has 0 aliphatic heterocycles. The third-order valence-electron chi connectivity index (χ3n) is 4.13. The summed E-state index contributed by atoms with van der Waals surface area (Å²) in [5.41, 5.74) is 0.888. The average molecular weight is 428 g/mol. The molecule has 0 radical (unpaired) electrons. The number of nitrogens with zero attached hydrogens (tertiary/aromatic N) is 1. The Hall–Kier alpha value is -2.57. The highest BCUT2D eigenvalue weighted by Gasteiger charge is 2.14. The van der Waals surface area contributed by atoms with Gasteiger partial charge in [-0.25, -0.2) is 0 Å². The van der Waals surface area contributed by atoms with Crippen molar-refractivity contribution >= 4 is 34.7 Å². The van der Waals surface area contributed by atoms with Gasteiger partial charge in [-0.05, 0) is 60.5 Å². The number of carbonyl (C=O) groups is 1. The number of thiophene rings is 2. The first-order valence-corrected chi connectivity index (χ1v) is 11.2. The van der Waals surface area contributed by atoms with Gasteiger partial charge in [-0.1, -0.05) is 18.2 Å². The predicted molar refractivity (Wildman–Crippen MR) is 121 cm³/mol. The van der Waals surface area contributed by atoms with Crippen molar-refractivity contribution in [1.82, 2.24) is 4.90 Å². The zero-order valence-corrected chi connectivity index (χ0v) is 18.5. The van der Waals surface area contributed by atoms with Crippen molar-refractivity contribution < 1.29 is 14.3 Å². The third-order valence-corrected chi connectivity index (χ3v) is 5.86. The number of hydrogen-bond donors (Lipinski definition) is 0. The summed E-state index contributed by atoms with van der Waals surface area (Å²) in [4.78, 5) is 17.1. The van der Waals surface area contributed by atoms with Gasteiger partial charge in [-0.15, -0.1) is 22.7 Å². The Bertz CT molecular complexity index is 895. The van der Waals surface area contributed by atoms with Crippen LogP contribution in [0.25, 0.3) is 6.08 Å². The first-order valence-electron chi connectivity index (χ1n) is 9.41. The molecule has 0 unspecified atom stereocenters. The lowest BCUT2D eigenvalue weighted by atomic mass is 10.2. The van der Waals surface area contributed by atoms with E-state index in [2.05, 4.69) is 12.1 Å². The van der Waals surface area contributed by atoms with E-state index in [1.165, 1.54) is 9.75 Å². The molecule has 0 saturated heterocycles. The second-order valence-electron chi connectivity index (χ2n) is 6.76. The van der Waals surface area contributed by atoms with E-state index >= 15 is 0 Å². The minimum absolute atomic E-state index is 0.0201. The predicted octanol–water partition coefficient (Wildman–Crippen LogP) is 5.85. The van der Waals surface area contributed by atoms with Crippen LogP contribution in [0.3, 0.4) is 0 Å². The number of amides is 1. The van der Waals surface area contributed by atoms with Crippen molar-refractivity contribution in [3.63, 3.8) is 0 Å². The lowest BCUT2D eigenvalue weighted by molar-refractivity contribution is -0.127. The fraction of sp³-hybridized carbons (Fsp3) is 0.261. The van der Waals surface area contributed by atoms with Gasteiger partial charge in [0, 0.05) is 15.8 Å². The molecule has 0 aliphatic carbocycles. The van der Waals surface area contributed by atoms with Crippen LogP contribution in [0.15, 0.2) is 59.3 Å². The van der Waals surface area contributed by atoms with Crippen molar-refractivity contribution in [2.45, 2.75) is 33.0 Å². The fourth-order valence-electron chi connectivity index (χ4n) is 2.81. The smallest absolute Gasteiger partial charge is 0.247 e. The molecule has 0 aliphatic rings. The summed E-state index contributed by atoms with van der Waals surface area (Å²) < 4.78 is 11.2. The summed E-state index contributed by atoms with van der Waals surface area (Å²) in [6, 6.07) is 13.8. The molecule has 3 aromatic rings. The SMILES string of the molecule is COc1cc(/C=C/C(=O)N(Cc2cccs2)Cc2cccs2)ccc1OC(C)C. The van der Waals surface area contributed by atoms with Crippen LogP contribution in [0, 0.1) is 0 Å². The van der Waals surface area contributed by atoms with Crippen molar-refractivity contribution in [3.8, 4) is 11.5 Å². The van der Waals surface area contributed by atoms with Gasteiger partial charge >= 0.3 is 0 Å². The number of rotatable bonds is 9. The highest BCUT2D eigenvalue weighted by atomic mass is 32.1. The Morgan fingerprint density at radius 2 is 1.69 bits per heavy atom. The molecule has 1 amide bonds. The first-order chi connectivity index (χ1) is 14.0. The van der Waals surface area contributed by atoms with Crippen molar-refractivity contribution in [2.24, 2.45) is 0 Å². The second kappa shape index (κ2) is 10.3. The minimum Gasteiger partial charge on any atom is -0.493 e. The highest BCUT2D eigenvalue weighted by Crippen LogP contribution is 2.29. The van der Waals surface area contributed by atoms with Crippen LogP contribution in [-0.2, 0) is 17.9 Å². The van der Waals surface area contributed by atoms with E-state index in [0.29, 0.717) is 24.6 Å². The largest absolute Gasteiger partial charge is 0.493 e. The van der Waals surface area contributed by atoms with Gasteiger partial charge in [0.15, 0.2) is 11.5 Å². The van der Waals surface area contributed by atoms with Crippen molar-refractivity contribution in [2.75, 3.05) is 7.11 Å². The lowest BCUT2D eigenvalue weighted by Gasteiger charge is -2.20. The maximum Gasteiger partial charge on any atom is 0.247 e. The summed E-state index contributed by atoms with van der Waals surface area (Å²) in [7, 11) is 1.62. The highest BCUT2D eigenvalue weighted by molar-refractivity contribution is 7.10. The molecular weight excluding hydrogens is 402 g/mol. The Kier molecular flexibility index (Phi) is 7.49. The Balaban J connectivity index is 1.74. The molecule has 0 fully saturated rings. The molecule has 4 nitrogen and oxygen atoms in total. The quantitative estimate of drug-likeness (QED) is 0.402. The van der Waals surface area contributed by atoms with Gasteiger partial charge in [0.05, 0.1) is 26.3 Å². The standard InChI is InChI=1S/C23H25NO3S2/c1-17(2)27-21-10-8-18(14-22(21)26-3)9-11-23(25)24(15-19-6-4-12-28-19)16-20-7-5-13-29-20/h4-14,17H,15-16H2,1-3H3/b11-9+. The molecule has 0 saturated carbocycles. The van der Waals surface area contributed by atoms with Crippen LogP contribution in [0.2, 0.25) is 0 Å². The first kappa shape index (κ1) is 21.1. The van der Waals surface area contributed by atoms with Crippen molar-refractivity contribution in [3.05, 3.63) is 74.6 Å². The number of hydrogen-bond acceptors (Lipinski definition) is 5. The maximum atomic E-state index is 12.9. The molecule has 0 spiro atoms. The second-order valence-corrected chi connectivity index (χ2v) is 8.83. The summed E-state index contributed by atoms with van der Waals surface area (Å²) in [6.45, 7) is 5.15. The van der Waals surface area contributed by atoms with Crippen LogP contribution in [0.4, 0.5) is 0 Å². The minimum atomic E-state index is -0.0201. The van der Waals surface area contributed by atoms with Crippen LogP contribution >= 0.6 is 22.7 Å². The van der Waals surface area contributed by atoms with Gasteiger partial charge in [-0.2, -0.15) is 0 Å². The zero-order valence-electron chi connectivity index (χ0n) is 16.8. The Morgan fingerprint density at radius 1 is 1.03 bits per heavy atom. The van der Waals surface area contributed by atoms with E-state index in [4.69, 9.17) is 9.47 Å². The molecule has 6 heteroatoms. The normalized spacial score (nSPS) is 11.2. The molecule has 29 heavy (non-hydrogen) atoms. The van der Waals surface area contributed by atoms with Gasteiger partial charge < -0.3 is 14.4 Å². The number of benzene rings is 1. The van der Waals surface area contributed by atoms with E-state index in [1.54, 1.807) is 35.9 Å². The van der Waals surface area contributed by atoms with Crippen molar-refractivity contribution in [1.29, 1.82) is 0 Å². The van der Waals surface area contributed by atoms with E-state index < -0.39 is 0 Å². The maximum absolute atomic E-state index is 12.9. The summed E-state index contributed by atoms with van der Waals surface area (Å²) in [5, 5.41) is 4.07. The van der Waals surface area contributed by atoms with Gasteiger partial charge in [0.1, 0.15) is 0 Å². The van der Waals surface area contributed by atoms with E-state index in [0.717, 1.165) is 5.56 Å².